The van der Waals surface area contributed by atoms with Gasteiger partial charge in [-0.25, -0.2) is 17.6 Å². The second kappa shape index (κ2) is 7.43. The average molecular weight is 393 g/mol. The zero-order valence-electron chi connectivity index (χ0n) is 14.5. The molecule has 0 saturated carbocycles. The highest BCUT2D eigenvalue weighted by molar-refractivity contribution is 7.91. The largest absolute Gasteiger partial charge is 0.465 e. The van der Waals surface area contributed by atoms with Gasteiger partial charge in [0.25, 0.3) is 0 Å². The summed E-state index contributed by atoms with van der Waals surface area (Å²) in [5.74, 6) is -0.640. The number of anilines is 2. The summed E-state index contributed by atoms with van der Waals surface area (Å²) in [5.41, 5.74) is 6.79. The van der Waals surface area contributed by atoms with Gasteiger partial charge in [-0.2, -0.15) is 0 Å². The monoisotopic (exact) mass is 393 g/mol. The molecule has 0 unspecified atom stereocenters. The van der Waals surface area contributed by atoms with Gasteiger partial charge in [0.2, 0.25) is 9.84 Å². The standard InChI is InChI=1S/C18H20FN3O4S/c19-13-3-1-4-15(11-13)27(25,26)17-6-5-14(12-16(17)20)21-7-2-8-22(10-9-21)18(23)24/h1,3-6,11-12H,2,7-10,20H2,(H,23,24). The summed E-state index contributed by atoms with van der Waals surface area (Å²) in [4.78, 5) is 14.2. The summed E-state index contributed by atoms with van der Waals surface area (Å²) in [5, 5.41) is 9.11. The van der Waals surface area contributed by atoms with Crippen LogP contribution in [0.25, 0.3) is 0 Å². The van der Waals surface area contributed by atoms with Crippen LogP contribution in [0.2, 0.25) is 0 Å². The van der Waals surface area contributed by atoms with Gasteiger partial charge in [-0.1, -0.05) is 6.07 Å². The lowest BCUT2D eigenvalue weighted by atomic mass is 10.2. The van der Waals surface area contributed by atoms with E-state index >= 15 is 0 Å². The number of halogens is 1. The third-order valence-electron chi connectivity index (χ3n) is 4.52. The van der Waals surface area contributed by atoms with Crippen LogP contribution in [-0.4, -0.2) is 50.7 Å². The van der Waals surface area contributed by atoms with E-state index in [1.165, 1.54) is 29.2 Å². The molecule has 1 fully saturated rings. The molecule has 144 valence electrons. The number of sulfone groups is 1. The molecular formula is C18H20FN3O4S. The van der Waals surface area contributed by atoms with Gasteiger partial charge >= 0.3 is 6.09 Å². The average Bonchev–Trinajstić information content (AvgIpc) is 2.87. The molecule has 7 nitrogen and oxygen atoms in total. The van der Waals surface area contributed by atoms with Crippen LogP contribution in [0.5, 0.6) is 0 Å². The van der Waals surface area contributed by atoms with E-state index < -0.39 is 21.7 Å². The maximum Gasteiger partial charge on any atom is 0.407 e. The Labute approximate surface area is 156 Å². The van der Waals surface area contributed by atoms with Crippen molar-refractivity contribution in [1.82, 2.24) is 4.90 Å². The molecule has 3 rings (SSSR count). The summed E-state index contributed by atoms with van der Waals surface area (Å²) in [6.07, 6.45) is -0.289. The lowest BCUT2D eigenvalue weighted by Crippen LogP contribution is -2.34. The zero-order valence-corrected chi connectivity index (χ0v) is 15.3. The Bertz CT molecular complexity index is 965. The molecule has 0 aromatic heterocycles. The minimum absolute atomic E-state index is 0.0658. The normalized spacial score (nSPS) is 15.4. The number of carbonyl (C=O) groups is 1. The van der Waals surface area contributed by atoms with Crippen LogP contribution in [0.15, 0.2) is 52.3 Å². The first-order valence-corrected chi connectivity index (χ1v) is 9.90. The number of carboxylic acid groups (broad SMARTS) is 1. The van der Waals surface area contributed by atoms with Crippen molar-refractivity contribution < 1.29 is 22.7 Å². The van der Waals surface area contributed by atoms with Crippen molar-refractivity contribution >= 4 is 27.3 Å². The first-order valence-electron chi connectivity index (χ1n) is 8.42. The first kappa shape index (κ1) is 19.0. The first-order chi connectivity index (χ1) is 12.8. The number of hydrogen-bond acceptors (Lipinski definition) is 5. The van der Waals surface area contributed by atoms with Gasteiger partial charge in [-0.3, -0.25) is 0 Å². The van der Waals surface area contributed by atoms with E-state index in [1.54, 1.807) is 12.1 Å². The molecule has 1 aliphatic heterocycles. The number of benzene rings is 2. The lowest BCUT2D eigenvalue weighted by Gasteiger charge is -2.23. The number of amides is 1. The van der Waals surface area contributed by atoms with Crippen LogP contribution in [-0.2, 0) is 9.84 Å². The van der Waals surface area contributed by atoms with Crippen LogP contribution < -0.4 is 10.6 Å². The van der Waals surface area contributed by atoms with Gasteiger partial charge in [0, 0.05) is 31.9 Å². The molecule has 3 N–H and O–H groups in total. The second-order valence-corrected chi connectivity index (χ2v) is 8.21. The fraction of sp³-hybridized carbons (Fsp3) is 0.278. The van der Waals surface area contributed by atoms with Gasteiger partial charge < -0.3 is 20.6 Å². The Morgan fingerprint density at radius 2 is 1.85 bits per heavy atom. The number of nitrogens with zero attached hydrogens (tertiary/aromatic N) is 2. The summed E-state index contributed by atoms with van der Waals surface area (Å²) in [6, 6.07) is 9.38. The van der Waals surface area contributed by atoms with E-state index in [9.17, 15) is 17.6 Å². The third kappa shape index (κ3) is 3.97. The highest BCUT2D eigenvalue weighted by Gasteiger charge is 2.23. The van der Waals surface area contributed by atoms with Crippen molar-refractivity contribution in [2.24, 2.45) is 0 Å². The molecule has 0 radical (unpaired) electrons. The lowest BCUT2D eigenvalue weighted by molar-refractivity contribution is 0.148. The quantitative estimate of drug-likeness (QED) is 0.776. The highest BCUT2D eigenvalue weighted by Crippen LogP contribution is 2.30. The van der Waals surface area contributed by atoms with Crippen molar-refractivity contribution in [2.45, 2.75) is 16.2 Å². The highest BCUT2D eigenvalue weighted by atomic mass is 32.2. The Morgan fingerprint density at radius 1 is 1.07 bits per heavy atom. The maximum absolute atomic E-state index is 13.4. The molecule has 1 heterocycles. The molecule has 27 heavy (non-hydrogen) atoms. The summed E-state index contributed by atoms with van der Waals surface area (Å²) in [7, 11) is -3.94. The van der Waals surface area contributed by atoms with Crippen LogP contribution in [0.3, 0.4) is 0 Å². The molecule has 2 aromatic carbocycles. The summed E-state index contributed by atoms with van der Waals surface area (Å²) >= 11 is 0. The molecule has 1 aliphatic rings. The maximum atomic E-state index is 13.4. The second-order valence-electron chi connectivity index (χ2n) is 6.29. The van der Waals surface area contributed by atoms with E-state index in [0.717, 1.165) is 11.8 Å². The van der Waals surface area contributed by atoms with Crippen molar-refractivity contribution in [2.75, 3.05) is 36.8 Å². The van der Waals surface area contributed by atoms with Crippen molar-refractivity contribution in [1.29, 1.82) is 0 Å². The molecular weight excluding hydrogens is 373 g/mol. The predicted molar refractivity (Wildman–Crippen MR) is 99.1 cm³/mol. The van der Waals surface area contributed by atoms with Crippen molar-refractivity contribution in [3.8, 4) is 0 Å². The predicted octanol–water partition coefficient (Wildman–Crippen LogP) is 2.43. The molecule has 0 spiro atoms. The van der Waals surface area contributed by atoms with E-state index in [2.05, 4.69) is 0 Å². The number of hydrogen-bond donors (Lipinski definition) is 2. The fourth-order valence-electron chi connectivity index (χ4n) is 3.11. The van der Waals surface area contributed by atoms with Crippen molar-refractivity contribution in [3.05, 3.63) is 48.3 Å². The number of nitrogens with two attached hydrogens (primary N) is 1. The van der Waals surface area contributed by atoms with Crippen LogP contribution in [0.4, 0.5) is 20.6 Å². The molecule has 1 saturated heterocycles. The Morgan fingerprint density at radius 3 is 2.52 bits per heavy atom. The van der Waals surface area contributed by atoms with Crippen LogP contribution in [0.1, 0.15) is 6.42 Å². The fourth-order valence-corrected chi connectivity index (χ4v) is 4.50. The minimum Gasteiger partial charge on any atom is -0.465 e. The molecule has 0 atom stereocenters. The van der Waals surface area contributed by atoms with E-state index in [4.69, 9.17) is 10.8 Å². The molecule has 0 aliphatic carbocycles. The number of rotatable bonds is 3. The van der Waals surface area contributed by atoms with Gasteiger partial charge in [0.15, 0.2) is 0 Å². The number of nitrogen functional groups attached to an aromatic ring is 1. The van der Waals surface area contributed by atoms with Crippen LogP contribution in [0, 0.1) is 5.82 Å². The topological polar surface area (TPSA) is 104 Å². The van der Waals surface area contributed by atoms with Gasteiger partial charge in [-0.15, -0.1) is 0 Å². The van der Waals surface area contributed by atoms with Gasteiger partial charge in [-0.05, 0) is 42.8 Å². The Balaban J connectivity index is 1.87. The van der Waals surface area contributed by atoms with E-state index in [1.807, 2.05) is 4.90 Å². The van der Waals surface area contributed by atoms with Gasteiger partial charge in [0.05, 0.1) is 15.5 Å². The summed E-state index contributed by atoms with van der Waals surface area (Å²) in [6.45, 7) is 1.94. The van der Waals surface area contributed by atoms with Crippen LogP contribution >= 0.6 is 0 Å². The van der Waals surface area contributed by atoms with Gasteiger partial charge in [0.1, 0.15) is 5.82 Å². The molecule has 9 heteroatoms. The molecule has 0 bridgehead atoms. The van der Waals surface area contributed by atoms with E-state index in [0.29, 0.717) is 32.6 Å². The summed E-state index contributed by atoms with van der Waals surface area (Å²) < 4.78 is 38.9. The van der Waals surface area contributed by atoms with E-state index in [-0.39, 0.29) is 15.5 Å². The minimum atomic E-state index is -3.94. The Kier molecular flexibility index (Phi) is 5.22. The zero-order chi connectivity index (χ0) is 19.6. The molecule has 1 amide bonds. The molecule has 2 aromatic rings. The smallest absolute Gasteiger partial charge is 0.407 e. The van der Waals surface area contributed by atoms with Crippen molar-refractivity contribution in [3.63, 3.8) is 0 Å². The third-order valence-corrected chi connectivity index (χ3v) is 6.35. The Hall–Kier alpha value is -2.81. The SMILES string of the molecule is Nc1cc(N2CCCN(C(=O)O)CC2)ccc1S(=O)(=O)c1cccc(F)c1.